The number of rotatable bonds is 4. The van der Waals surface area contributed by atoms with E-state index in [4.69, 9.17) is 23.2 Å². The summed E-state index contributed by atoms with van der Waals surface area (Å²) in [6.45, 7) is 0. The van der Waals surface area contributed by atoms with Crippen molar-refractivity contribution in [2.24, 2.45) is 0 Å². The summed E-state index contributed by atoms with van der Waals surface area (Å²) >= 11 is 13.5. The molecule has 2 aromatic carbocycles. The van der Waals surface area contributed by atoms with Crippen molar-refractivity contribution in [3.63, 3.8) is 0 Å². The number of benzene rings is 2. The summed E-state index contributed by atoms with van der Waals surface area (Å²) < 4.78 is 30.5. The SMILES string of the molecule is O=c1cccc2n1C(c1ccc(Cl)cc1)C(c1ccc(Cl)cc1)N2S(=O)(=O)c1ccsc1. The van der Waals surface area contributed by atoms with E-state index in [-0.39, 0.29) is 10.5 Å². The molecule has 5 rings (SSSR count). The van der Waals surface area contributed by atoms with Crippen molar-refractivity contribution in [2.45, 2.75) is 17.0 Å². The first kappa shape index (κ1) is 21.3. The molecule has 0 aliphatic carbocycles. The van der Waals surface area contributed by atoms with Crippen LogP contribution in [0.4, 0.5) is 5.82 Å². The Morgan fingerprint density at radius 3 is 1.94 bits per heavy atom. The van der Waals surface area contributed by atoms with Gasteiger partial charge in [-0.05, 0) is 52.9 Å². The molecule has 0 bridgehead atoms. The number of hydrogen-bond donors (Lipinski definition) is 0. The van der Waals surface area contributed by atoms with Crippen LogP contribution >= 0.6 is 34.5 Å². The van der Waals surface area contributed by atoms with Crippen molar-refractivity contribution in [3.8, 4) is 0 Å². The number of halogens is 2. The van der Waals surface area contributed by atoms with Crippen molar-refractivity contribution < 1.29 is 8.42 Å². The van der Waals surface area contributed by atoms with Gasteiger partial charge in [-0.15, -0.1) is 0 Å². The molecule has 0 saturated carbocycles. The molecule has 1 aliphatic heterocycles. The van der Waals surface area contributed by atoms with Crippen molar-refractivity contribution in [1.82, 2.24) is 4.57 Å². The third-order valence-electron chi connectivity index (χ3n) is 5.50. The highest BCUT2D eigenvalue weighted by molar-refractivity contribution is 7.93. The molecule has 5 nitrogen and oxygen atoms in total. The first-order valence-electron chi connectivity index (χ1n) is 9.67. The maximum atomic E-state index is 13.8. The van der Waals surface area contributed by atoms with E-state index in [1.807, 2.05) is 12.1 Å². The maximum Gasteiger partial charge on any atom is 0.266 e. The number of aromatic nitrogens is 1. The molecule has 0 spiro atoms. The normalized spacial score (nSPS) is 18.0. The van der Waals surface area contributed by atoms with E-state index in [0.29, 0.717) is 15.9 Å². The molecule has 162 valence electrons. The van der Waals surface area contributed by atoms with Crippen LogP contribution in [0.3, 0.4) is 0 Å². The third-order valence-corrected chi connectivity index (χ3v) is 8.62. The Hall–Kier alpha value is -2.58. The second-order valence-corrected chi connectivity index (χ2v) is 10.8. The minimum atomic E-state index is -3.96. The topological polar surface area (TPSA) is 59.4 Å². The maximum absolute atomic E-state index is 13.8. The molecular formula is C23H16Cl2N2O3S2. The fourth-order valence-electron chi connectivity index (χ4n) is 4.12. The van der Waals surface area contributed by atoms with Crippen molar-refractivity contribution >= 4 is 50.4 Å². The lowest BCUT2D eigenvalue weighted by atomic mass is 9.94. The van der Waals surface area contributed by atoms with Gasteiger partial charge in [0.25, 0.3) is 15.6 Å². The second kappa shape index (κ2) is 8.08. The zero-order chi connectivity index (χ0) is 22.5. The van der Waals surface area contributed by atoms with Gasteiger partial charge < -0.3 is 0 Å². The molecular weight excluding hydrogens is 487 g/mol. The lowest BCUT2D eigenvalue weighted by molar-refractivity contribution is 0.530. The molecule has 0 fully saturated rings. The number of nitrogens with zero attached hydrogens (tertiary/aromatic N) is 2. The van der Waals surface area contributed by atoms with Gasteiger partial charge in [-0.1, -0.05) is 53.5 Å². The average Bonchev–Trinajstić information content (AvgIpc) is 3.43. The average molecular weight is 503 g/mol. The van der Waals surface area contributed by atoms with Gasteiger partial charge in [0.1, 0.15) is 5.82 Å². The quantitative estimate of drug-likeness (QED) is 0.356. The standard InChI is InChI=1S/C23H16Cl2N2O3S2/c24-17-8-4-15(5-9-17)22-23(16-6-10-18(25)11-7-16)27(20-2-1-3-21(28)26(20)22)32(29,30)19-12-13-31-14-19/h1-14,22-23H. The first-order chi connectivity index (χ1) is 15.4. The molecule has 0 radical (unpaired) electrons. The fraction of sp³-hybridized carbons (Fsp3) is 0.0870. The van der Waals surface area contributed by atoms with E-state index in [1.165, 1.54) is 26.3 Å². The Morgan fingerprint density at radius 1 is 0.781 bits per heavy atom. The van der Waals surface area contributed by atoms with Crippen LogP contribution in [0.15, 0.2) is 93.2 Å². The summed E-state index contributed by atoms with van der Waals surface area (Å²) in [5.74, 6) is 0.309. The molecule has 9 heteroatoms. The molecule has 3 heterocycles. The van der Waals surface area contributed by atoms with Gasteiger partial charge in [0, 0.05) is 21.5 Å². The zero-order valence-corrected chi connectivity index (χ0v) is 19.6. The summed E-state index contributed by atoms with van der Waals surface area (Å²) in [6.07, 6.45) is 0. The second-order valence-electron chi connectivity index (χ2n) is 7.34. The Balaban J connectivity index is 1.82. The largest absolute Gasteiger partial charge is 0.284 e. The van der Waals surface area contributed by atoms with Gasteiger partial charge in [-0.25, -0.2) is 12.7 Å². The number of sulfonamides is 1. The van der Waals surface area contributed by atoms with Crippen LogP contribution in [0, 0.1) is 0 Å². The van der Waals surface area contributed by atoms with E-state index >= 15 is 0 Å². The van der Waals surface area contributed by atoms with Crippen molar-refractivity contribution in [2.75, 3.05) is 4.31 Å². The molecule has 32 heavy (non-hydrogen) atoms. The van der Waals surface area contributed by atoms with Crippen LogP contribution in [-0.4, -0.2) is 13.0 Å². The third kappa shape index (κ3) is 3.46. The van der Waals surface area contributed by atoms with E-state index in [1.54, 1.807) is 65.4 Å². The summed E-state index contributed by atoms with van der Waals surface area (Å²) in [4.78, 5) is 13.2. The van der Waals surface area contributed by atoms with E-state index in [0.717, 1.165) is 11.1 Å². The summed E-state index contributed by atoms with van der Waals surface area (Å²) in [6, 6.07) is 19.1. The summed E-state index contributed by atoms with van der Waals surface area (Å²) in [7, 11) is -3.96. The Labute approximate surface area is 199 Å². The van der Waals surface area contributed by atoms with Gasteiger partial charge in [-0.2, -0.15) is 11.3 Å². The van der Waals surface area contributed by atoms with E-state index in [9.17, 15) is 13.2 Å². The molecule has 1 aliphatic rings. The minimum absolute atomic E-state index is 0.182. The van der Waals surface area contributed by atoms with Crippen molar-refractivity contribution in [1.29, 1.82) is 0 Å². The molecule has 4 aromatic rings. The van der Waals surface area contributed by atoms with Crippen LogP contribution in [0.25, 0.3) is 0 Å². The Bertz CT molecular complexity index is 1430. The van der Waals surface area contributed by atoms with Crippen LogP contribution in [0.2, 0.25) is 10.0 Å². The molecule has 0 saturated heterocycles. The van der Waals surface area contributed by atoms with Gasteiger partial charge in [0.2, 0.25) is 0 Å². The van der Waals surface area contributed by atoms with Crippen LogP contribution in [0.1, 0.15) is 23.2 Å². The van der Waals surface area contributed by atoms with Crippen molar-refractivity contribution in [3.05, 3.63) is 115 Å². The van der Waals surface area contributed by atoms with E-state index in [2.05, 4.69) is 0 Å². The smallest absolute Gasteiger partial charge is 0.266 e. The summed E-state index contributed by atoms with van der Waals surface area (Å²) in [5, 5.41) is 4.40. The number of fused-ring (bicyclic) bond motifs is 1. The molecule has 2 unspecified atom stereocenters. The predicted octanol–water partition coefficient (Wildman–Crippen LogP) is 5.76. The predicted molar refractivity (Wildman–Crippen MR) is 128 cm³/mol. The van der Waals surface area contributed by atoms with Gasteiger partial charge in [-0.3, -0.25) is 9.36 Å². The van der Waals surface area contributed by atoms with Crippen LogP contribution in [-0.2, 0) is 10.0 Å². The highest BCUT2D eigenvalue weighted by Gasteiger charge is 2.47. The minimum Gasteiger partial charge on any atom is -0.284 e. The number of anilines is 1. The van der Waals surface area contributed by atoms with E-state index < -0.39 is 22.1 Å². The van der Waals surface area contributed by atoms with Crippen LogP contribution < -0.4 is 9.86 Å². The fourth-order valence-corrected chi connectivity index (χ4v) is 7.02. The summed E-state index contributed by atoms with van der Waals surface area (Å²) in [5.41, 5.74) is 1.20. The zero-order valence-electron chi connectivity index (χ0n) is 16.4. The molecule has 0 amide bonds. The number of hydrogen-bond acceptors (Lipinski definition) is 4. The van der Waals surface area contributed by atoms with Gasteiger partial charge >= 0.3 is 0 Å². The number of thiophene rings is 1. The molecule has 0 N–H and O–H groups in total. The Morgan fingerprint density at radius 2 is 1.38 bits per heavy atom. The lowest BCUT2D eigenvalue weighted by Crippen LogP contribution is -2.33. The molecule has 2 atom stereocenters. The lowest BCUT2D eigenvalue weighted by Gasteiger charge is -2.29. The van der Waals surface area contributed by atoms with Crippen LogP contribution in [0.5, 0.6) is 0 Å². The highest BCUT2D eigenvalue weighted by Crippen LogP contribution is 2.49. The van der Waals surface area contributed by atoms with Gasteiger partial charge in [0.15, 0.2) is 0 Å². The monoisotopic (exact) mass is 502 g/mol. The molecule has 2 aromatic heterocycles. The van der Waals surface area contributed by atoms with Gasteiger partial charge in [0.05, 0.1) is 17.0 Å². The number of pyridine rings is 1. The highest BCUT2D eigenvalue weighted by atomic mass is 35.5. The first-order valence-corrected chi connectivity index (χ1v) is 12.8. The Kier molecular flexibility index (Phi) is 5.37.